The summed E-state index contributed by atoms with van der Waals surface area (Å²) in [6.07, 6.45) is 0. The van der Waals surface area contributed by atoms with Gasteiger partial charge in [-0.25, -0.2) is 0 Å². The Bertz CT molecular complexity index is 440. The second-order valence-electron chi connectivity index (χ2n) is 5.45. The Balaban J connectivity index is 0. The molecule has 1 aromatic carbocycles. The Morgan fingerprint density at radius 3 is 2.29 bits per heavy atom. The Hall–Kier alpha value is -1.01. The zero-order chi connectivity index (χ0) is 16.4. The van der Waals surface area contributed by atoms with Gasteiger partial charge in [-0.1, -0.05) is 20.8 Å². The first-order chi connectivity index (χ1) is 10.6. The summed E-state index contributed by atoms with van der Waals surface area (Å²) < 4.78 is 5.70. The number of amides is 1. The van der Waals surface area contributed by atoms with Crippen molar-refractivity contribution in [3.05, 3.63) is 29.8 Å². The average molecular weight is 380 g/mol. The van der Waals surface area contributed by atoms with Crippen molar-refractivity contribution in [3.8, 4) is 5.75 Å². The van der Waals surface area contributed by atoms with Crippen LogP contribution in [0.1, 0.15) is 31.1 Å². The molecule has 1 unspecified atom stereocenters. The number of halogens is 2. The number of nitrogens with zero attached hydrogens (tertiary/aromatic N) is 1. The molecular formula is C17H31Cl2N3O2. The van der Waals surface area contributed by atoms with E-state index in [9.17, 15) is 4.79 Å². The lowest BCUT2D eigenvalue weighted by Gasteiger charge is -2.18. The van der Waals surface area contributed by atoms with E-state index in [4.69, 9.17) is 10.5 Å². The van der Waals surface area contributed by atoms with E-state index in [1.807, 2.05) is 19.1 Å². The zero-order valence-electron chi connectivity index (χ0n) is 14.8. The molecule has 140 valence electrons. The van der Waals surface area contributed by atoms with Crippen LogP contribution in [0.4, 0.5) is 0 Å². The third-order valence-corrected chi connectivity index (χ3v) is 3.70. The number of benzene rings is 1. The van der Waals surface area contributed by atoms with Gasteiger partial charge < -0.3 is 20.7 Å². The molecule has 0 aliphatic carbocycles. The molecule has 0 spiro atoms. The summed E-state index contributed by atoms with van der Waals surface area (Å²) in [5.74, 6) is 1.00. The first-order valence-electron chi connectivity index (χ1n) is 8.04. The van der Waals surface area contributed by atoms with Crippen LogP contribution in [0, 0.1) is 5.92 Å². The van der Waals surface area contributed by atoms with Crippen molar-refractivity contribution in [1.82, 2.24) is 10.2 Å². The quantitative estimate of drug-likeness (QED) is 0.655. The van der Waals surface area contributed by atoms with Gasteiger partial charge in [0.2, 0.25) is 0 Å². The number of hydrogen-bond acceptors (Lipinski definition) is 4. The van der Waals surface area contributed by atoms with Crippen LogP contribution in [-0.2, 0) is 0 Å². The highest BCUT2D eigenvalue weighted by Gasteiger charge is 2.07. The highest BCUT2D eigenvalue weighted by molar-refractivity contribution is 5.94. The van der Waals surface area contributed by atoms with E-state index in [-0.39, 0.29) is 36.6 Å². The molecule has 0 fully saturated rings. The van der Waals surface area contributed by atoms with Crippen molar-refractivity contribution in [1.29, 1.82) is 0 Å². The first kappa shape index (κ1) is 25.2. The fraction of sp³-hybridized carbons (Fsp3) is 0.588. The summed E-state index contributed by atoms with van der Waals surface area (Å²) in [5, 5.41) is 2.88. The summed E-state index contributed by atoms with van der Waals surface area (Å²) in [6, 6.07) is 7.25. The van der Waals surface area contributed by atoms with E-state index in [2.05, 4.69) is 24.1 Å². The predicted molar refractivity (Wildman–Crippen MR) is 105 cm³/mol. The normalized spacial score (nSPS) is 11.2. The maximum atomic E-state index is 12.0. The summed E-state index contributed by atoms with van der Waals surface area (Å²) in [7, 11) is 0. The van der Waals surface area contributed by atoms with Gasteiger partial charge in [-0.05, 0) is 49.8 Å². The van der Waals surface area contributed by atoms with Crippen LogP contribution in [0.3, 0.4) is 0 Å². The van der Waals surface area contributed by atoms with Crippen LogP contribution in [0.15, 0.2) is 24.3 Å². The maximum absolute atomic E-state index is 12.0. The summed E-state index contributed by atoms with van der Waals surface area (Å²) in [6.45, 7) is 11.1. The van der Waals surface area contributed by atoms with E-state index in [1.54, 1.807) is 12.1 Å². The van der Waals surface area contributed by atoms with Crippen molar-refractivity contribution in [2.45, 2.75) is 20.8 Å². The van der Waals surface area contributed by atoms with Crippen LogP contribution in [0.2, 0.25) is 0 Å². The highest BCUT2D eigenvalue weighted by atomic mass is 35.5. The van der Waals surface area contributed by atoms with Crippen molar-refractivity contribution in [2.24, 2.45) is 11.7 Å². The van der Waals surface area contributed by atoms with Gasteiger partial charge in [0, 0.05) is 18.7 Å². The van der Waals surface area contributed by atoms with Gasteiger partial charge in [-0.15, -0.1) is 24.8 Å². The molecule has 0 saturated carbocycles. The summed E-state index contributed by atoms with van der Waals surface area (Å²) >= 11 is 0. The van der Waals surface area contributed by atoms with Gasteiger partial charge in [0.15, 0.2) is 0 Å². The molecule has 3 N–H and O–H groups in total. The third-order valence-electron chi connectivity index (χ3n) is 3.70. The maximum Gasteiger partial charge on any atom is 0.251 e. The van der Waals surface area contributed by atoms with Crippen molar-refractivity contribution in [2.75, 3.05) is 39.3 Å². The van der Waals surface area contributed by atoms with Crippen LogP contribution < -0.4 is 15.8 Å². The molecular weight excluding hydrogens is 349 g/mol. The number of hydrogen-bond donors (Lipinski definition) is 2. The molecule has 1 rings (SSSR count). The SMILES string of the molecule is CCN(CC)CCOc1ccc(C(=O)NCC(C)CN)cc1.Cl.Cl. The third kappa shape index (κ3) is 9.33. The standard InChI is InChI=1S/C17H29N3O2.2ClH/c1-4-20(5-2)10-11-22-16-8-6-15(7-9-16)17(21)19-13-14(3)12-18;;/h6-9,14H,4-5,10-13,18H2,1-3H3,(H,19,21);2*1H. The molecule has 1 atom stereocenters. The van der Waals surface area contributed by atoms with Crippen LogP contribution in [-0.4, -0.2) is 50.1 Å². The van der Waals surface area contributed by atoms with Crippen LogP contribution >= 0.6 is 24.8 Å². The lowest BCUT2D eigenvalue weighted by molar-refractivity contribution is 0.0948. The fourth-order valence-electron chi connectivity index (χ4n) is 1.99. The van der Waals surface area contributed by atoms with E-state index < -0.39 is 0 Å². The Labute approximate surface area is 158 Å². The van der Waals surface area contributed by atoms with Crippen molar-refractivity contribution < 1.29 is 9.53 Å². The largest absolute Gasteiger partial charge is 0.492 e. The minimum absolute atomic E-state index is 0. The molecule has 0 bridgehead atoms. The molecule has 24 heavy (non-hydrogen) atoms. The van der Waals surface area contributed by atoms with Gasteiger partial charge in [0.1, 0.15) is 12.4 Å². The smallest absolute Gasteiger partial charge is 0.251 e. The van der Waals surface area contributed by atoms with E-state index in [0.717, 1.165) is 25.4 Å². The van der Waals surface area contributed by atoms with E-state index >= 15 is 0 Å². The van der Waals surface area contributed by atoms with Gasteiger partial charge in [-0.2, -0.15) is 0 Å². The number of nitrogens with two attached hydrogens (primary N) is 1. The zero-order valence-corrected chi connectivity index (χ0v) is 16.4. The fourth-order valence-corrected chi connectivity index (χ4v) is 1.99. The Kier molecular flexibility index (Phi) is 15.1. The number of rotatable bonds is 10. The minimum Gasteiger partial charge on any atom is -0.492 e. The number of nitrogens with one attached hydrogen (secondary N) is 1. The second kappa shape index (κ2) is 14.3. The monoisotopic (exact) mass is 379 g/mol. The van der Waals surface area contributed by atoms with Crippen molar-refractivity contribution in [3.63, 3.8) is 0 Å². The Morgan fingerprint density at radius 2 is 1.79 bits per heavy atom. The van der Waals surface area contributed by atoms with Crippen molar-refractivity contribution >= 4 is 30.7 Å². The predicted octanol–water partition coefficient (Wildman–Crippen LogP) is 2.58. The van der Waals surface area contributed by atoms with Gasteiger partial charge >= 0.3 is 0 Å². The second-order valence-corrected chi connectivity index (χ2v) is 5.45. The average Bonchev–Trinajstić information content (AvgIpc) is 2.56. The first-order valence-corrected chi connectivity index (χ1v) is 8.04. The summed E-state index contributed by atoms with van der Waals surface area (Å²) in [4.78, 5) is 14.3. The number of carbonyl (C=O) groups is 1. The molecule has 0 aromatic heterocycles. The molecule has 5 nitrogen and oxygen atoms in total. The van der Waals surface area contributed by atoms with Gasteiger partial charge in [0.25, 0.3) is 5.91 Å². The number of ether oxygens (including phenoxy) is 1. The summed E-state index contributed by atoms with van der Waals surface area (Å²) in [5.41, 5.74) is 6.17. The Morgan fingerprint density at radius 1 is 1.21 bits per heavy atom. The lowest BCUT2D eigenvalue weighted by Crippen LogP contribution is -2.31. The molecule has 1 aromatic rings. The molecule has 0 aliphatic rings. The molecule has 1 amide bonds. The molecule has 0 aliphatic heterocycles. The topological polar surface area (TPSA) is 67.6 Å². The van der Waals surface area contributed by atoms with Crippen LogP contribution in [0.25, 0.3) is 0 Å². The van der Waals surface area contributed by atoms with Gasteiger partial charge in [-0.3, -0.25) is 4.79 Å². The molecule has 0 heterocycles. The van der Waals surface area contributed by atoms with E-state index in [0.29, 0.717) is 25.3 Å². The molecule has 0 saturated heterocycles. The lowest BCUT2D eigenvalue weighted by atomic mass is 10.1. The van der Waals surface area contributed by atoms with Crippen LogP contribution in [0.5, 0.6) is 5.75 Å². The number of likely N-dealkylation sites (N-methyl/N-ethyl adjacent to an activating group) is 1. The van der Waals surface area contributed by atoms with E-state index in [1.165, 1.54) is 0 Å². The number of carbonyl (C=O) groups excluding carboxylic acids is 1. The highest BCUT2D eigenvalue weighted by Crippen LogP contribution is 2.12. The molecule has 7 heteroatoms. The van der Waals surface area contributed by atoms with Gasteiger partial charge in [0.05, 0.1) is 0 Å². The minimum atomic E-state index is -0.0741. The molecule has 0 radical (unpaired) electrons.